The highest BCUT2D eigenvalue weighted by Crippen LogP contribution is 2.50. The summed E-state index contributed by atoms with van der Waals surface area (Å²) in [5.74, 6) is 1.52. The van der Waals surface area contributed by atoms with Crippen molar-refractivity contribution in [2.24, 2.45) is 0 Å². The van der Waals surface area contributed by atoms with Crippen LogP contribution in [0.5, 0.6) is 0 Å². The summed E-state index contributed by atoms with van der Waals surface area (Å²) < 4.78 is 4.84. The van der Waals surface area contributed by atoms with Crippen LogP contribution in [0, 0.1) is 0 Å². The maximum absolute atomic E-state index is 5.35. The van der Waals surface area contributed by atoms with E-state index in [0.717, 1.165) is 56.8 Å². The van der Waals surface area contributed by atoms with Gasteiger partial charge in [0.05, 0.1) is 27.8 Å². The van der Waals surface area contributed by atoms with Crippen LogP contribution in [0.1, 0.15) is 11.1 Å². The van der Waals surface area contributed by atoms with Crippen LogP contribution in [0.2, 0.25) is 0 Å². The molecule has 0 saturated heterocycles. The molecule has 0 fully saturated rings. The molecule has 3 aromatic heterocycles. The Morgan fingerprint density at radius 2 is 0.739 bits per heavy atom. The molecule has 1 aliphatic rings. The van der Waals surface area contributed by atoms with Crippen LogP contribution in [0.4, 0.5) is 0 Å². The number of aromatic nitrogens is 4. The standard InChI is InChI=1S/C65H42N4/c1-6-20-42(21-7-1)47-36-51(43-22-8-2-9-23-43)55-40-56-52(44-24-10-3-11-25-44)38-48(39-54(56)53(55)37-47)68-58-32-18-16-30-49(58)63-60(68)34-35-61-64(63)50-31-17-19-33-59(50)69(61)62-41-57(45-26-12-4-13-27-45)66-65(67-62)46-28-14-5-15-29-46/h1-39,41H,40H2. The first-order valence-electron chi connectivity index (χ1n) is 23.7. The van der Waals surface area contributed by atoms with Gasteiger partial charge in [-0.3, -0.25) is 4.57 Å². The topological polar surface area (TPSA) is 35.6 Å². The van der Waals surface area contributed by atoms with Crippen molar-refractivity contribution in [2.45, 2.75) is 6.42 Å². The van der Waals surface area contributed by atoms with Crippen LogP contribution in [0.3, 0.4) is 0 Å². The lowest BCUT2D eigenvalue weighted by molar-refractivity contribution is 1.05. The smallest absolute Gasteiger partial charge is 0.162 e. The molecule has 0 amide bonds. The van der Waals surface area contributed by atoms with Gasteiger partial charge in [0.2, 0.25) is 0 Å². The highest BCUT2D eigenvalue weighted by atomic mass is 15.1. The van der Waals surface area contributed by atoms with E-state index in [2.05, 4.69) is 228 Å². The summed E-state index contributed by atoms with van der Waals surface area (Å²) in [5, 5.41) is 4.81. The zero-order valence-electron chi connectivity index (χ0n) is 37.6. The molecule has 1 aliphatic carbocycles. The Hall–Kier alpha value is -9.12. The van der Waals surface area contributed by atoms with Gasteiger partial charge in [-0.15, -0.1) is 0 Å². The minimum atomic E-state index is 0.690. The zero-order valence-corrected chi connectivity index (χ0v) is 37.6. The predicted molar refractivity (Wildman–Crippen MR) is 286 cm³/mol. The van der Waals surface area contributed by atoms with E-state index in [1.165, 1.54) is 77.2 Å². The van der Waals surface area contributed by atoms with Crippen LogP contribution in [0.25, 0.3) is 122 Å². The van der Waals surface area contributed by atoms with Crippen LogP contribution in [-0.4, -0.2) is 19.1 Å². The molecule has 0 bridgehead atoms. The largest absolute Gasteiger partial charge is 0.309 e. The zero-order chi connectivity index (χ0) is 45.4. The Labute approximate surface area is 399 Å². The molecule has 13 aromatic rings. The van der Waals surface area contributed by atoms with E-state index >= 15 is 0 Å². The lowest BCUT2D eigenvalue weighted by Gasteiger charge is -2.16. The SMILES string of the molecule is c1ccc(-c2cc(-c3ccccc3)c3c(c2)-c2cc(-n4c5ccccc5c5c6c7ccccc7n(-c7cc(-c8ccccc8)nc(-c8ccccc8)n7)c6ccc54)cc(-c4ccccc4)c2C3)cc1. The van der Waals surface area contributed by atoms with Crippen LogP contribution in [0.15, 0.2) is 243 Å². The average Bonchev–Trinajstić information content (AvgIpc) is 4.09. The molecular weight excluding hydrogens is 837 g/mol. The number of hydrogen-bond acceptors (Lipinski definition) is 2. The van der Waals surface area contributed by atoms with Crippen molar-refractivity contribution in [1.82, 2.24) is 19.1 Å². The number of rotatable bonds is 7. The fourth-order valence-corrected chi connectivity index (χ4v) is 11.1. The van der Waals surface area contributed by atoms with Gasteiger partial charge in [-0.25, -0.2) is 9.97 Å². The lowest BCUT2D eigenvalue weighted by atomic mass is 9.91. The fourth-order valence-electron chi connectivity index (χ4n) is 11.1. The third kappa shape index (κ3) is 6.30. The number of fused-ring (bicyclic) bond motifs is 10. The van der Waals surface area contributed by atoms with E-state index in [1.54, 1.807) is 0 Å². The number of benzene rings is 10. The molecule has 4 heteroatoms. The Morgan fingerprint density at radius 3 is 1.33 bits per heavy atom. The van der Waals surface area contributed by atoms with Gasteiger partial charge in [0.1, 0.15) is 5.82 Å². The first-order chi connectivity index (χ1) is 34.2. The summed E-state index contributed by atoms with van der Waals surface area (Å²) in [7, 11) is 0. The first kappa shape index (κ1) is 39.1. The normalized spacial score (nSPS) is 12.0. The van der Waals surface area contributed by atoms with Gasteiger partial charge >= 0.3 is 0 Å². The fraction of sp³-hybridized carbons (Fsp3) is 0.0154. The van der Waals surface area contributed by atoms with Gasteiger partial charge in [-0.1, -0.05) is 188 Å². The van der Waals surface area contributed by atoms with Crippen molar-refractivity contribution in [3.05, 3.63) is 254 Å². The van der Waals surface area contributed by atoms with Crippen molar-refractivity contribution in [3.63, 3.8) is 0 Å². The molecular formula is C65H42N4. The summed E-state index contributed by atoms with van der Waals surface area (Å²) in [6.45, 7) is 0. The summed E-state index contributed by atoms with van der Waals surface area (Å²) in [5.41, 5.74) is 21.3. The molecule has 0 unspecified atom stereocenters. The lowest BCUT2D eigenvalue weighted by Crippen LogP contribution is -2.02. The quantitative estimate of drug-likeness (QED) is 0.160. The Bertz CT molecular complexity index is 4060. The number of hydrogen-bond donors (Lipinski definition) is 0. The molecule has 14 rings (SSSR count). The molecule has 10 aromatic carbocycles. The highest BCUT2D eigenvalue weighted by Gasteiger charge is 2.29. The number of para-hydroxylation sites is 2. The highest BCUT2D eigenvalue weighted by molar-refractivity contribution is 6.29. The monoisotopic (exact) mass is 878 g/mol. The van der Waals surface area contributed by atoms with E-state index in [-0.39, 0.29) is 0 Å². The molecule has 0 saturated carbocycles. The second-order valence-electron chi connectivity index (χ2n) is 18.1. The molecule has 0 atom stereocenters. The summed E-state index contributed by atoms with van der Waals surface area (Å²) in [6.07, 6.45) is 0.850. The summed E-state index contributed by atoms with van der Waals surface area (Å²) in [6, 6.07) is 87.7. The summed E-state index contributed by atoms with van der Waals surface area (Å²) >= 11 is 0. The van der Waals surface area contributed by atoms with Crippen molar-refractivity contribution in [3.8, 4) is 78.7 Å². The van der Waals surface area contributed by atoms with Gasteiger partial charge < -0.3 is 4.57 Å². The van der Waals surface area contributed by atoms with E-state index in [0.29, 0.717) is 5.82 Å². The third-order valence-corrected chi connectivity index (χ3v) is 14.2. The molecule has 69 heavy (non-hydrogen) atoms. The van der Waals surface area contributed by atoms with Gasteiger partial charge in [0.25, 0.3) is 0 Å². The first-order valence-corrected chi connectivity index (χ1v) is 23.7. The number of nitrogens with zero attached hydrogens (tertiary/aromatic N) is 4. The van der Waals surface area contributed by atoms with Crippen LogP contribution in [-0.2, 0) is 6.42 Å². The molecule has 4 nitrogen and oxygen atoms in total. The second-order valence-corrected chi connectivity index (χ2v) is 18.1. The van der Waals surface area contributed by atoms with Crippen LogP contribution < -0.4 is 0 Å². The minimum absolute atomic E-state index is 0.690. The van der Waals surface area contributed by atoms with Crippen molar-refractivity contribution < 1.29 is 0 Å². The average molecular weight is 879 g/mol. The van der Waals surface area contributed by atoms with E-state index in [1.807, 2.05) is 24.3 Å². The van der Waals surface area contributed by atoms with E-state index < -0.39 is 0 Å². The van der Waals surface area contributed by atoms with E-state index in [4.69, 9.17) is 9.97 Å². The molecule has 0 N–H and O–H groups in total. The van der Waals surface area contributed by atoms with Gasteiger partial charge in [-0.2, -0.15) is 0 Å². The molecule has 0 radical (unpaired) electrons. The maximum Gasteiger partial charge on any atom is 0.162 e. The van der Waals surface area contributed by atoms with E-state index in [9.17, 15) is 0 Å². The Morgan fingerprint density at radius 1 is 0.304 bits per heavy atom. The third-order valence-electron chi connectivity index (χ3n) is 14.2. The van der Waals surface area contributed by atoms with Crippen LogP contribution >= 0.6 is 0 Å². The van der Waals surface area contributed by atoms with Crippen molar-refractivity contribution >= 4 is 43.6 Å². The van der Waals surface area contributed by atoms with Gasteiger partial charge in [0.15, 0.2) is 5.82 Å². The second kappa shape index (κ2) is 15.8. The van der Waals surface area contributed by atoms with Crippen molar-refractivity contribution in [2.75, 3.05) is 0 Å². The predicted octanol–water partition coefficient (Wildman–Crippen LogP) is 16.6. The minimum Gasteiger partial charge on any atom is -0.309 e. The Kier molecular flexibility index (Phi) is 8.93. The molecule has 322 valence electrons. The van der Waals surface area contributed by atoms with Gasteiger partial charge in [0, 0.05) is 44.4 Å². The molecule has 0 spiro atoms. The Balaban J connectivity index is 1.04. The molecule has 3 heterocycles. The maximum atomic E-state index is 5.35. The van der Waals surface area contributed by atoms with Crippen molar-refractivity contribution in [1.29, 1.82) is 0 Å². The van der Waals surface area contributed by atoms with Gasteiger partial charge in [-0.05, 0) is 111 Å². The molecule has 0 aliphatic heterocycles. The summed E-state index contributed by atoms with van der Waals surface area (Å²) in [4.78, 5) is 10.5.